The summed E-state index contributed by atoms with van der Waals surface area (Å²) in [6, 6.07) is 5.47. The Bertz CT molecular complexity index is 548. The van der Waals surface area contributed by atoms with Crippen molar-refractivity contribution in [2.75, 3.05) is 5.32 Å². The van der Waals surface area contributed by atoms with Crippen LogP contribution >= 0.6 is 15.9 Å². The molecule has 5 heteroatoms. The molecule has 3 nitrogen and oxygen atoms in total. The van der Waals surface area contributed by atoms with Crippen molar-refractivity contribution in [3.8, 4) is 5.69 Å². The predicted octanol–water partition coefficient (Wildman–Crippen LogP) is 3.35. The molecule has 0 saturated heterocycles. The molecule has 0 atom stereocenters. The number of imidazole rings is 1. The summed E-state index contributed by atoms with van der Waals surface area (Å²) >= 11 is 3.19. The molecule has 0 unspecified atom stereocenters. The van der Waals surface area contributed by atoms with Gasteiger partial charge in [-0.3, -0.25) is 4.57 Å². The van der Waals surface area contributed by atoms with Crippen molar-refractivity contribution in [3.05, 3.63) is 40.9 Å². The van der Waals surface area contributed by atoms with Gasteiger partial charge in [0.1, 0.15) is 5.82 Å². The van der Waals surface area contributed by atoms with E-state index in [2.05, 4.69) is 26.2 Å². The van der Waals surface area contributed by atoms with Gasteiger partial charge in [0.15, 0.2) is 0 Å². The Morgan fingerprint density at radius 3 is 2.94 bits per heavy atom. The number of hydrogen-bond donors (Lipinski definition) is 1. The first-order valence-corrected chi connectivity index (χ1v) is 6.28. The topological polar surface area (TPSA) is 29.9 Å². The highest BCUT2D eigenvalue weighted by Gasteiger charge is 2.22. The lowest BCUT2D eigenvalue weighted by Gasteiger charge is -2.09. The molecule has 3 rings (SSSR count). The maximum absolute atomic E-state index is 13.2. The van der Waals surface area contributed by atoms with Gasteiger partial charge in [0.05, 0.1) is 4.47 Å². The molecule has 1 aromatic carbocycles. The van der Waals surface area contributed by atoms with Gasteiger partial charge in [-0.15, -0.1) is 0 Å². The number of benzene rings is 1. The molecule has 0 spiro atoms. The number of nitrogens with zero attached hydrogens (tertiary/aromatic N) is 2. The summed E-state index contributed by atoms with van der Waals surface area (Å²) in [6.07, 6.45) is 5.99. The van der Waals surface area contributed by atoms with E-state index in [1.54, 1.807) is 18.3 Å². The summed E-state index contributed by atoms with van der Waals surface area (Å²) in [6.45, 7) is 0. The molecule has 1 aliphatic carbocycles. The minimum Gasteiger partial charge on any atom is -0.353 e. The molecule has 2 aromatic rings. The van der Waals surface area contributed by atoms with Crippen molar-refractivity contribution < 1.29 is 4.39 Å². The van der Waals surface area contributed by atoms with Crippen LogP contribution in [0.15, 0.2) is 35.1 Å². The summed E-state index contributed by atoms with van der Waals surface area (Å²) in [4.78, 5) is 4.27. The van der Waals surface area contributed by atoms with Crippen LogP contribution in [0.25, 0.3) is 5.69 Å². The molecule has 1 N–H and O–H groups in total. The lowest BCUT2D eigenvalue weighted by molar-refractivity contribution is 0.620. The van der Waals surface area contributed by atoms with Crippen LogP contribution in [-0.4, -0.2) is 15.6 Å². The van der Waals surface area contributed by atoms with Gasteiger partial charge < -0.3 is 5.32 Å². The number of halogens is 2. The van der Waals surface area contributed by atoms with Crippen LogP contribution in [0.2, 0.25) is 0 Å². The Morgan fingerprint density at radius 1 is 1.41 bits per heavy atom. The van der Waals surface area contributed by atoms with Gasteiger partial charge in [0, 0.05) is 24.1 Å². The summed E-state index contributed by atoms with van der Waals surface area (Å²) in [7, 11) is 0. The van der Waals surface area contributed by atoms with Crippen molar-refractivity contribution >= 4 is 21.9 Å². The Balaban J connectivity index is 1.96. The van der Waals surface area contributed by atoms with E-state index < -0.39 is 0 Å². The second-order valence-electron chi connectivity index (χ2n) is 4.14. The van der Waals surface area contributed by atoms with Gasteiger partial charge in [-0.2, -0.15) is 0 Å². The average molecular weight is 296 g/mol. The highest BCUT2D eigenvalue weighted by Crippen LogP contribution is 2.26. The van der Waals surface area contributed by atoms with Crippen molar-refractivity contribution in [1.82, 2.24) is 9.55 Å². The van der Waals surface area contributed by atoms with E-state index in [4.69, 9.17) is 0 Å². The highest BCUT2D eigenvalue weighted by molar-refractivity contribution is 9.10. The van der Waals surface area contributed by atoms with E-state index in [9.17, 15) is 4.39 Å². The molecule has 1 fully saturated rings. The summed E-state index contributed by atoms with van der Waals surface area (Å²) in [5.41, 5.74) is 0.888. The van der Waals surface area contributed by atoms with Crippen molar-refractivity contribution in [2.24, 2.45) is 0 Å². The molecule has 17 heavy (non-hydrogen) atoms. The van der Waals surface area contributed by atoms with Crippen LogP contribution in [0.1, 0.15) is 12.8 Å². The lowest BCUT2D eigenvalue weighted by atomic mass is 10.3. The van der Waals surface area contributed by atoms with Gasteiger partial charge in [-0.05, 0) is 47.0 Å². The first kappa shape index (κ1) is 10.8. The van der Waals surface area contributed by atoms with E-state index in [0.717, 1.165) is 11.6 Å². The Labute approximate surface area is 107 Å². The second-order valence-corrected chi connectivity index (χ2v) is 4.99. The molecular weight excluding hydrogens is 285 g/mol. The fourth-order valence-corrected chi connectivity index (χ4v) is 2.03. The van der Waals surface area contributed by atoms with E-state index in [-0.39, 0.29) is 5.82 Å². The van der Waals surface area contributed by atoms with Crippen LogP contribution in [0.4, 0.5) is 10.3 Å². The Morgan fingerprint density at radius 2 is 2.24 bits per heavy atom. The number of rotatable bonds is 3. The second kappa shape index (κ2) is 4.14. The fraction of sp³-hybridized carbons (Fsp3) is 0.250. The van der Waals surface area contributed by atoms with Crippen molar-refractivity contribution in [1.29, 1.82) is 0 Å². The zero-order chi connectivity index (χ0) is 11.8. The SMILES string of the molecule is Fc1ccc(-n2ccnc2NC2CC2)cc1Br. The smallest absolute Gasteiger partial charge is 0.207 e. The molecule has 0 radical (unpaired) electrons. The maximum atomic E-state index is 13.2. The van der Waals surface area contributed by atoms with Crippen LogP contribution in [-0.2, 0) is 0 Å². The summed E-state index contributed by atoms with van der Waals surface area (Å²) in [5, 5.41) is 3.34. The number of anilines is 1. The van der Waals surface area contributed by atoms with Crippen LogP contribution < -0.4 is 5.32 Å². The molecule has 1 saturated carbocycles. The van der Waals surface area contributed by atoms with Crippen LogP contribution in [0.5, 0.6) is 0 Å². The molecule has 0 aliphatic heterocycles. The summed E-state index contributed by atoms with van der Waals surface area (Å²) < 4.78 is 15.6. The third kappa shape index (κ3) is 2.20. The van der Waals surface area contributed by atoms with Gasteiger partial charge in [-0.25, -0.2) is 9.37 Å². The van der Waals surface area contributed by atoms with E-state index in [1.807, 2.05) is 10.8 Å². The van der Waals surface area contributed by atoms with Gasteiger partial charge in [-0.1, -0.05) is 0 Å². The average Bonchev–Trinajstić information content (AvgIpc) is 3.00. The van der Waals surface area contributed by atoms with Crippen LogP contribution in [0.3, 0.4) is 0 Å². The van der Waals surface area contributed by atoms with Gasteiger partial charge >= 0.3 is 0 Å². The zero-order valence-electron chi connectivity index (χ0n) is 9.03. The molecule has 0 bridgehead atoms. The third-order valence-corrected chi connectivity index (χ3v) is 3.34. The molecule has 0 amide bonds. The van der Waals surface area contributed by atoms with Crippen molar-refractivity contribution in [3.63, 3.8) is 0 Å². The molecule has 1 aliphatic rings. The predicted molar refractivity (Wildman–Crippen MR) is 67.9 cm³/mol. The molecule has 1 aromatic heterocycles. The summed E-state index contributed by atoms with van der Waals surface area (Å²) in [5.74, 6) is 0.552. The van der Waals surface area contributed by atoms with E-state index in [1.165, 1.54) is 18.9 Å². The minimum atomic E-state index is -0.259. The maximum Gasteiger partial charge on any atom is 0.207 e. The Kier molecular flexibility index (Phi) is 2.63. The molecule has 1 heterocycles. The first-order valence-electron chi connectivity index (χ1n) is 5.49. The largest absolute Gasteiger partial charge is 0.353 e. The third-order valence-electron chi connectivity index (χ3n) is 2.73. The van der Waals surface area contributed by atoms with Crippen LogP contribution in [0, 0.1) is 5.82 Å². The highest BCUT2D eigenvalue weighted by atomic mass is 79.9. The first-order chi connectivity index (χ1) is 8.24. The van der Waals surface area contributed by atoms with Gasteiger partial charge in [0.2, 0.25) is 5.95 Å². The minimum absolute atomic E-state index is 0.259. The monoisotopic (exact) mass is 295 g/mol. The number of nitrogens with one attached hydrogen (secondary N) is 1. The quantitative estimate of drug-likeness (QED) is 0.941. The molecular formula is C12H11BrFN3. The zero-order valence-corrected chi connectivity index (χ0v) is 10.6. The molecule has 88 valence electrons. The Hall–Kier alpha value is -1.36. The van der Waals surface area contributed by atoms with E-state index in [0.29, 0.717) is 10.5 Å². The number of aromatic nitrogens is 2. The normalized spacial score (nSPS) is 14.9. The van der Waals surface area contributed by atoms with Crippen molar-refractivity contribution in [2.45, 2.75) is 18.9 Å². The van der Waals surface area contributed by atoms with Gasteiger partial charge in [0.25, 0.3) is 0 Å². The number of hydrogen-bond acceptors (Lipinski definition) is 2. The fourth-order valence-electron chi connectivity index (χ4n) is 1.66. The lowest BCUT2D eigenvalue weighted by Crippen LogP contribution is -2.07. The standard InChI is InChI=1S/C12H11BrFN3/c13-10-7-9(3-4-11(10)14)17-6-5-15-12(17)16-8-1-2-8/h3-8H,1-2H2,(H,15,16). The van der Waals surface area contributed by atoms with E-state index >= 15 is 0 Å².